The van der Waals surface area contributed by atoms with Gasteiger partial charge < -0.3 is 16.8 Å². The minimum Gasteiger partial charge on any atom is -0.397 e. The summed E-state index contributed by atoms with van der Waals surface area (Å²) in [7, 11) is 0. The normalized spacial score (nSPS) is 10.8. The summed E-state index contributed by atoms with van der Waals surface area (Å²) in [5, 5.41) is 3.53. The Morgan fingerprint density at radius 1 is 1.12 bits per heavy atom. The lowest BCUT2D eigenvalue weighted by Crippen LogP contribution is -2.18. The van der Waals surface area contributed by atoms with Gasteiger partial charge in [0.2, 0.25) is 0 Å². The first-order valence-corrected chi connectivity index (χ1v) is 8.48. The Hall–Kier alpha value is -2.93. The van der Waals surface area contributed by atoms with Crippen LogP contribution in [0.15, 0.2) is 24.3 Å². The Morgan fingerprint density at radius 2 is 1.80 bits per heavy atom. The number of rotatable bonds is 3. The molecule has 3 rings (SSSR count). The maximum atomic E-state index is 12.7. The summed E-state index contributed by atoms with van der Waals surface area (Å²) < 4.78 is 0. The number of carbonyl (C=O) groups is 2. The van der Waals surface area contributed by atoms with E-state index in [-0.39, 0.29) is 11.5 Å². The van der Waals surface area contributed by atoms with Gasteiger partial charge in [-0.2, -0.15) is 0 Å². The first kappa shape index (κ1) is 16.9. The monoisotopic (exact) mass is 354 g/mol. The van der Waals surface area contributed by atoms with E-state index in [9.17, 15) is 9.59 Å². The predicted molar refractivity (Wildman–Crippen MR) is 101 cm³/mol. The van der Waals surface area contributed by atoms with Crippen LogP contribution in [-0.4, -0.2) is 16.8 Å². The Kier molecular flexibility index (Phi) is 4.18. The summed E-state index contributed by atoms with van der Waals surface area (Å²) in [4.78, 5) is 29.8. The molecule has 0 unspecified atom stereocenters. The van der Waals surface area contributed by atoms with Gasteiger partial charge in [0, 0.05) is 11.1 Å². The Morgan fingerprint density at radius 3 is 2.48 bits per heavy atom. The molecule has 3 aromatic rings. The van der Waals surface area contributed by atoms with Gasteiger partial charge in [0.1, 0.15) is 9.71 Å². The summed E-state index contributed by atoms with van der Waals surface area (Å²) in [5.74, 6) is -0.993. The SMILES string of the molecule is Cc1nc2sc(C(=O)Nc3ccccc3C(N)=O)c(N)c2c(C)c1C. The average molecular weight is 354 g/mol. The fraction of sp³-hybridized carbons (Fsp3) is 0.167. The molecule has 0 atom stereocenters. The molecule has 0 aliphatic carbocycles. The molecule has 2 aromatic heterocycles. The number of nitrogens with two attached hydrogens (primary N) is 2. The highest BCUT2D eigenvalue weighted by molar-refractivity contribution is 7.21. The molecule has 0 bridgehead atoms. The number of hydrogen-bond donors (Lipinski definition) is 3. The number of thiophene rings is 1. The lowest BCUT2D eigenvalue weighted by molar-refractivity contribution is 0.100. The van der Waals surface area contributed by atoms with Gasteiger partial charge in [0.05, 0.1) is 16.9 Å². The molecule has 1 aromatic carbocycles. The lowest BCUT2D eigenvalue weighted by Gasteiger charge is -2.08. The number of amides is 2. The third-order valence-electron chi connectivity index (χ3n) is 4.32. The molecular formula is C18H18N4O2S. The van der Waals surface area contributed by atoms with Crippen molar-refractivity contribution in [1.29, 1.82) is 0 Å². The van der Waals surface area contributed by atoms with Crippen LogP contribution in [0.25, 0.3) is 10.2 Å². The second-order valence-electron chi connectivity index (χ2n) is 5.84. The zero-order valence-electron chi connectivity index (χ0n) is 14.1. The van der Waals surface area contributed by atoms with Crippen molar-refractivity contribution in [2.75, 3.05) is 11.1 Å². The molecule has 0 fully saturated rings. The fourth-order valence-electron chi connectivity index (χ4n) is 2.72. The maximum absolute atomic E-state index is 12.7. The number of aryl methyl sites for hydroxylation is 2. The number of primary amides is 1. The van der Waals surface area contributed by atoms with Crippen LogP contribution in [-0.2, 0) is 0 Å². The third-order valence-corrected chi connectivity index (χ3v) is 5.42. The number of hydrogen-bond acceptors (Lipinski definition) is 5. The van der Waals surface area contributed by atoms with Gasteiger partial charge in [-0.15, -0.1) is 11.3 Å². The highest BCUT2D eigenvalue weighted by Crippen LogP contribution is 2.37. The number of aromatic nitrogens is 1. The van der Waals surface area contributed by atoms with Crippen LogP contribution in [0, 0.1) is 20.8 Å². The van der Waals surface area contributed by atoms with Crippen LogP contribution in [0.4, 0.5) is 11.4 Å². The van der Waals surface area contributed by atoms with Crippen LogP contribution in [0.5, 0.6) is 0 Å². The summed E-state index contributed by atoms with van der Waals surface area (Å²) in [5.41, 5.74) is 15.6. The molecule has 0 saturated heterocycles. The van der Waals surface area contributed by atoms with Crippen molar-refractivity contribution in [3.63, 3.8) is 0 Å². The number of nitrogens with zero attached hydrogens (tertiary/aromatic N) is 1. The molecule has 2 heterocycles. The zero-order valence-corrected chi connectivity index (χ0v) is 15.0. The van der Waals surface area contributed by atoms with Crippen molar-refractivity contribution in [2.45, 2.75) is 20.8 Å². The van der Waals surface area contributed by atoms with Crippen molar-refractivity contribution in [3.8, 4) is 0 Å². The highest BCUT2D eigenvalue weighted by Gasteiger charge is 2.21. The number of benzene rings is 1. The standard InChI is InChI=1S/C18H18N4O2S/c1-8-9(2)13-14(19)15(25-18(13)21-10(8)3)17(24)22-12-7-5-4-6-11(12)16(20)23/h4-7H,19H2,1-3H3,(H2,20,23)(H,22,24). The topological polar surface area (TPSA) is 111 Å². The van der Waals surface area contributed by atoms with Crippen LogP contribution in [0.3, 0.4) is 0 Å². The van der Waals surface area contributed by atoms with E-state index in [1.807, 2.05) is 20.8 Å². The van der Waals surface area contributed by atoms with Crippen molar-refractivity contribution < 1.29 is 9.59 Å². The zero-order chi connectivity index (χ0) is 18.3. The molecule has 128 valence electrons. The van der Waals surface area contributed by atoms with Gasteiger partial charge in [0.15, 0.2) is 0 Å². The second kappa shape index (κ2) is 6.18. The van der Waals surface area contributed by atoms with Gasteiger partial charge in [-0.05, 0) is 44.0 Å². The molecule has 25 heavy (non-hydrogen) atoms. The largest absolute Gasteiger partial charge is 0.397 e. The van der Waals surface area contributed by atoms with Crippen molar-refractivity contribution in [2.24, 2.45) is 5.73 Å². The van der Waals surface area contributed by atoms with Crippen molar-refractivity contribution in [1.82, 2.24) is 4.98 Å². The van der Waals surface area contributed by atoms with Crippen LogP contribution in [0.2, 0.25) is 0 Å². The summed E-state index contributed by atoms with van der Waals surface area (Å²) >= 11 is 1.24. The molecule has 0 radical (unpaired) electrons. The Labute approximate surface area is 148 Å². The molecule has 6 nitrogen and oxygen atoms in total. The minimum absolute atomic E-state index is 0.247. The summed E-state index contributed by atoms with van der Waals surface area (Å²) in [6, 6.07) is 6.58. The Balaban J connectivity index is 2.06. The molecule has 7 heteroatoms. The van der Waals surface area contributed by atoms with E-state index in [0.717, 1.165) is 27.0 Å². The van der Waals surface area contributed by atoms with Gasteiger partial charge in [-0.3, -0.25) is 9.59 Å². The predicted octanol–water partition coefficient (Wildman–Crippen LogP) is 3.15. The number of nitrogen functional groups attached to an aromatic ring is 1. The van der Waals surface area contributed by atoms with Gasteiger partial charge >= 0.3 is 0 Å². The first-order valence-electron chi connectivity index (χ1n) is 7.67. The first-order chi connectivity index (χ1) is 11.8. The van der Waals surface area contributed by atoms with Gasteiger partial charge in [0.25, 0.3) is 11.8 Å². The summed E-state index contributed by atoms with van der Waals surface area (Å²) in [6.07, 6.45) is 0. The van der Waals surface area contributed by atoms with E-state index in [1.165, 1.54) is 11.3 Å². The molecule has 0 aliphatic rings. The Bertz CT molecular complexity index is 1020. The van der Waals surface area contributed by atoms with Gasteiger partial charge in [-0.25, -0.2) is 4.98 Å². The molecule has 5 N–H and O–H groups in total. The number of pyridine rings is 1. The van der Waals surface area contributed by atoms with E-state index in [0.29, 0.717) is 16.3 Å². The maximum Gasteiger partial charge on any atom is 0.267 e. The van der Waals surface area contributed by atoms with E-state index in [1.54, 1.807) is 24.3 Å². The number of anilines is 2. The minimum atomic E-state index is -0.607. The van der Waals surface area contributed by atoms with E-state index in [2.05, 4.69) is 10.3 Å². The van der Waals surface area contributed by atoms with Crippen LogP contribution >= 0.6 is 11.3 Å². The van der Waals surface area contributed by atoms with Crippen molar-refractivity contribution in [3.05, 3.63) is 51.5 Å². The molecular weight excluding hydrogens is 336 g/mol. The number of carbonyl (C=O) groups excluding carboxylic acids is 2. The van der Waals surface area contributed by atoms with E-state index < -0.39 is 5.91 Å². The second-order valence-corrected chi connectivity index (χ2v) is 6.84. The number of fused-ring (bicyclic) bond motifs is 1. The van der Waals surface area contributed by atoms with Crippen LogP contribution < -0.4 is 16.8 Å². The molecule has 0 saturated carbocycles. The lowest BCUT2D eigenvalue weighted by atomic mass is 10.1. The fourth-order valence-corrected chi connectivity index (χ4v) is 3.82. The number of para-hydroxylation sites is 1. The van der Waals surface area contributed by atoms with Gasteiger partial charge in [-0.1, -0.05) is 12.1 Å². The highest BCUT2D eigenvalue weighted by atomic mass is 32.1. The van der Waals surface area contributed by atoms with Crippen LogP contribution in [0.1, 0.15) is 36.9 Å². The quantitative estimate of drug-likeness (QED) is 0.671. The number of nitrogens with one attached hydrogen (secondary N) is 1. The smallest absolute Gasteiger partial charge is 0.267 e. The van der Waals surface area contributed by atoms with E-state index in [4.69, 9.17) is 11.5 Å². The third kappa shape index (κ3) is 2.83. The van der Waals surface area contributed by atoms with E-state index >= 15 is 0 Å². The summed E-state index contributed by atoms with van der Waals surface area (Å²) in [6.45, 7) is 5.89. The molecule has 0 aliphatic heterocycles. The molecule has 2 amide bonds. The molecule has 0 spiro atoms. The average Bonchev–Trinajstić information content (AvgIpc) is 2.89. The van der Waals surface area contributed by atoms with Crippen molar-refractivity contribution >= 4 is 44.7 Å².